The number of hydrogen-bond donors (Lipinski definition) is 0. The lowest BCUT2D eigenvalue weighted by Crippen LogP contribution is -2.02. The molecule has 0 saturated carbocycles. The van der Waals surface area contributed by atoms with Gasteiger partial charge in [0, 0.05) is 49.5 Å². The van der Waals surface area contributed by atoms with E-state index in [2.05, 4.69) is 150 Å². The fraction of sp³-hybridized carbons (Fsp3) is 0.0192. The van der Waals surface area contributed by atoms with E-state index in [1.807, 2.05) is 60.7 Å². The van der Waals surface area contributed by atoms with Crippen molar-refractivity contribution < 1.29 is 0 Å². The van der Waals surface area contributed by atoms with Gasteiger partial charge in [-0.15, -0.1) is 0 Å². The Morgan fingerprint density at radius 2 is 0.789 bits per heavy atom. The molecule has 11 rings (SSSR count). The molecule has 11 aromatic rings. The summed E-state index contributed by atoms with van der Waals surface area (Å²) in [7, 11) is 0. The lowest BCUT2D eigenvalue weighted by molar-refractivity contribution is 1.07. The maximum Gasteiger partial charge on any atom is 0.164 e. The molecule has 268 valence electrons. The average Bonchev–Trinajstić information content (AvgIpc) is 3.78. The first-order valence-corrected chi connectivity index (χ1v) is 19.3. The zero-order chi connectivity index (χ0) is 37.9. The molecule has 0 bridgehead atoms. The van der Waals surface area contributed by atoms with Gasteiger partial charge in [0.1, 0.15) is 0 Å². The van der Waals surface area contributed by atoms with E-state index in [1.54, 1.807) is 0 Å². The molecule has 0 amide bonds. The predicted octanol–water partition coefficient (Wildman–Crippen LogP) is 13.0. The number of aryl methyl sites for hydroxylation is 1. The van der Waals surface area contributed by atoms with E-state index in [0.717, 1.165) is 50.2 Å². The molecule has 3 aromatic heterocycles. The molecule has 0 aliphatic rings. The minimum atomic E-state index is 0.625. The van der Waals surface area contributed by atoms with Crippen LogP contribution in [0.15, 0.2) is 194 Å². The SMILES string of the molecule is Cc1ccc(-c2cc(-c3nc(-c4ccccc4)nc(-c4ccccc4)n3)ccc2-n2c3ccccc3c3cc4c(cc32)c2ccccc2n4-c2ccccc2)cc1. The first kappa shape index (κ1) is 32.8. The molecule has 0 radical (unpaired) electrons. The Hall–Kier alpha value is -7.63. The van der Waals surface area contributed by atoms with Crippen molar-refractivity contribution in [3.63, 3.8) is 0 Å². The standard InChI is InChI=1S/C52H35N5/c1-34-25-27-35(28-26-34)42-31-38(52-54-50(36-15-5-2-6-16-36)53-51(55-52)37-17-7-3-8-18-37)29-30-47(42)57-46-24-14-12-22-41(46)44-32-48-43(33-49(44)57)40-21-11-13-23-45(40)56(48)39-19-9-4-10-20-39/h2-33H,1H3. The Labute approximate surface area is 329 Å². The Morgan fingerprint density at radius 3 is 1.37 bits per heavy atom. The van der Waals surface area contributed by atoms with E-state index in [0.29, 0.717) is 17.5 Å². The number of benzene rings is 8. The minimum absolute atomic E-state index is 0.625. The minimum Gasteiger partial charge on any atom is -0.309 e. The number of rotatable bonds is 6. The molecule has 5 heteroatoms. The summed E-state index contributed by atoms with van der Waals surface area (Å²) < 4.78 is 4.83. The second-order valence-electron chi connectivity index (χ2n) is 14.6. The third kappa shape index (κ3) is 5.51. The first-order valence-electron chi connectivity index (χ1n) is 19.3. The highest BCUT2D eigenvalue weighted by molar-refractivity contribution is 6.19. The summed E-state index contributed by atoms with van der Waals surface area (Å²) in [4.78, 5) is 15.2. The largest absolute Gasteiger partial charge is 0.309 e. The van der Waals surface area contributed by atoms with E-state index >= 15 is 0 Å². The molecule has 3 heterocycles. The maximum absolute atomic E-state index is 5.10. The average molecular weight is 730 g/mol. The van der Waals surface area contributed by atoms with Crippen LogP contribution in [0.2, 0.25) is 0 Å². The van der Waals surface area contributed by atoms with Crippen molar-refractivity contribution in [2.75, 3.05) is 0 Å². The smallest absolute Gasteiger partial charge is 0.164 e. The summed E-state index contributed by atoms with van der Waals surface area (Å²) in [5.74, 6) is 1.91. The lowest BCUT2D eigenvalue weighted by Gasteiger charge is -2.16. The lowest BCUT2D eigenvalue weighted by atomic mass is 9.99. The first-order chi connectivity index (χ1) is 28.2. The molecular weight excluding hydrogens is 695 g/mol. The van der Waals surface area contributed by atoms with Crippen LogP contribution in [0, 0.1) is 6.92 Å². The Bertz CT molecular complexity index is 3210. The Morgan fingerprint density at radius 1 is 0.333 bits per heavy atom. The maximum atomic E-state index is 5.10. The number of hydrogen-bond acceptors (Lipinski definition) is 3. The zero-order valence-electron chi connectivity index (χ0n) is 31.2. The highest BCUT2D eigenvalue weighted by atomic mass is 15.0. The molecule has 0 fully saturated rings. The monoisotopic (exact) mass is 729 g/mol. The third-order valence-electron chi connectivity index (χ3n) is 11.0. The fourth-order valence-electron chi connectivity index (χ4n) is 8.32. The number of para-hydroxylation sites is 3. The highest BCUT2D eigenvalue weighted by Gasteiger charge is 2.21. The second kappa shape index (κ2) is 13.3. The third-order valence-corrected chi connectivity index (χ3v) is 11.0. The molecule has 0 aliphatic carbocycles. The van der Waals surface area contributed by atoms with Crippen LogP contribution in [0.3, 0.4) is 0 Å². The van der Waals surface area contributed by atoms with Gasteiger partial charge in [-0.25, -0.2) is 15.0 Å². The molecule has 0 unspecified atom stereocenters. The molecule has 57 heavy (non-hydrogen) atoms. The second-order valence-corrected chi connectivity index (χ2v) is 14.6. The normalized spacial score (nSPS) is 11.6. The van der Waals surface area contributed by atoms with Gasteiger partial charge >= 0.3 is 0 Å². The van der Waals surface area contributed by atoms with Crippen LogP contribution in [0.25, 0.3) is 100 Å². The van der Waals surface area contributed by atoms with Crippen molar-refractivity contribution in [2.45, 2.75) is 6.92 Å². The van der Waals surface area contributed by atoms with Crippen LogP contribution < -0.4 is 0 Å². The van der Waals surface area contributed by atoms with Gasteiger partial charge in [0.15, 0.2) is 17.5 Å². The predicted molar refractivity (Wildman–Crippen MR) is 235 cm³/mol. The Kier molecular flexibility index (Phi) is 7.64. The van der Waals surface area contributed by atoms with Crippen molar-refractivity contribution in [1.82, 2.24) is 24.1 Å². The molecule has 0 N–H and O–H groups in total. The van der Waals surface area contributed by atoms with Crippen LogP contribution in [0.4, 0.5) is 0 Å². The fourth-order valence-corrected chi connectivity index (χ4v) is 8.32. The van der Waals surface area contributed by atoms with E-state index in [1.165, 1.54) is 38.1 Å². The molecule has 0 saturated heterocycles. The number of fused-ring (bicyclic) bond motifs is 6. The topological polar surface area (TPSA) is 48.5 Å². The summed E-state index contributed by atoms with van der Waals surface area (Å²) in [6, 6.07) is 68.7. The molecule has 0 atom stereocenters. The zero-order valence-corrected chi connectivity index (χ0v) is 31.2. The van der Waals surface area contributed by atoms with Gasteiger partial charge in [-0.2, -0.15) is 0 Å². The van der Waals surface area contributed by atoms with Crippen LogP contribution in [0.5, 0.6) is 0 Å². The summed E-state index contributed by atoms with van der Waals surface area (Å²) in [6.07, 6.45) is 0. The van der Waals surface area contributed by atoms with Gasteiger partial charge in [-0.1, -0.05) is 145 Å². The van der Waals surface area contributed by atoms with Gasteiger partial charge in [-0.3, -0.25) is 0 Å². The summed E-state index contributed by atoms with van der Waals surface area (Å²) in [6.45, 7) is 2.13. The Balaban J connectivity index is 1.19. The quantitative estimate of drug-likeness (QED) is 0.171. The van der Waals surface area contributed by atoms with Crippen molar-refractivity contribution in [3.8, 4) is 56.7 Å². The van der Waals surface area contributed by atoms with E-state index in [-0.39, 0.29) is 0 Å². The van der Waals surface area contributed by atoms with Crippen LogP contribution in [-0.4, -0.2) is 24.1 Å². The van der Waals surface area contributed by atoms with Gasteiger partial charge in [-0.05, 0) is 67.1 Å². The molecule has 5 nitrogen and oxygen atoms in total. The molecule has 0 aliphatic heterocycles. The number of aromatic nitrogens is 5. The van der Waals surface area contributed by atoms with Crippen molar-refractivity contribution >= 4 is 43.6 Å². The summed E-state index contributed by atoms with van der Waals surface area (Å²) >= 11 is 0. The van der Waals surface area contributed by atoms with Gasteiger partial charge in [0.25, 0.3) is 0 Å². The van der Waals surface area contributed by atoms with E-state index in [9.17, 15) is 0 Å². The molecule has 8 aromatic carbocycles. The van der Waals surface area contributed by atoms with Crippen LogP contribution in [-0.2, 0) is 0 Å². The van der Waals surface area contributed by atoms with Crippen LogP contribution >= 0.6 is 0 Å². The van der Waals surface area contributed by atoms with Crippen molar-refractivity contribution in [1.29, 1.82) is 0 Å². The molecular formula is C52H35N5. The summed E-state index contributed by atoms with van der Waals surface area (Å²) in [5, 5.41) is 4.85. The molecule has 0 spiro atoms. The van der Waals surface area contributed by atoms with E-state index < -0.39 is 0 Å². The highest BCUT2D eigenvalue weighted by Crippen LogP contribution is 2.42. The van der Waals surface area contributed by atoms with E-state index in [4.69, 9.17) is 15.0 Å². The number of nitrogens with zero attached hydrogens (tertiary/aromatic N) is 5. The van der Waals surface area contributed by atoms with Gasteiger partial charge < -0.3 is 9.13 Å². The van der Waals surface area contributed by atoms with Gasteiger partial charge in [0.2, 0.25) is 0 Å². The van der Waals surface area contributed by atoms with Crippen molar-refractivity contribution in [2.24, 2.45) is 0 Å². The van der Waals surface area contributed by atoms with Crippen LogP contribution in [0.1, 0.15) is 5.56 Å². The van der Waals surface area contributed by atoms with Gasteiger partial charge in [0.05, 0.1) is 27.8 Å². The van der Waals surface area contributed by atoms with Crippen molar-refractivity contribution in [3.05, 3.63) is 200 Å². The summed E-state index contributed by atoms with van der Waals surface area (Å²) in [5.41, 5.74) is 13.1.